The molecule has 0 bridgehead atoms. The third-order valence-corrected chi connectivity index (χ3v) is 6.20. The van der Waals surface area contributed by atoms with Gasteiger partial charge in [-0.1, -0.05) is 54.7 Å². The van der Waals surface area contributed by atoms with Crippen molar-refractivity contribution in [3.63, 3.8) is 0 Å². The van der Waals surface area contributed by atoms with Crippen LogP contribution in [0.25, 0.3) is 10.8 Å². The molecule has 1 saturated heterocycles. The molecule has 0 N–H and O–H groups in total. The summed E-state index contributed by atoms with van der Waals surface area (Å²) in [4.78, 5) is 3.13. The van der Waals surface area contributed by atoms with Gasteiger partial charge in [-0.25, -0.2) is 0 Å². The number of benzene rings is 3. The molecule has 1 fully saturated rings. The quantitative estimate of drug-likeness (QED) is 0.442. The summed E-state index contributed by atoms with van der Waals surface area (Å²) >= 11 is 9.35. The van der Waals surface area contributed by atoms with E-state index in [1.165, 1.54) is 23.6 Å². The van der Waals surface area contributed by atoms with Crippen LogP contribution in [0.1, 0.15) is 24.0 Å². The number of nitrogens with zero attached hydrogens (tertiary/aromatic N) is 1. The summed E-state index contributed by atoms with van der Waals surface area (Å²) in [5.74, 6) is 1.38. The van der Waals surface area contributed by atoms with Gasteiger partial charge in [0.15, 0.2) is 11.5 Å². The van der Waals surface area contributed by atoms with Gasteiger partial charge in [0.25, 0.3) is 0 Å². The number of hydrogen-bond acceptors (Lipinski definition) is 3. The zero-order chi connectivity index (χ0) is 19.5. The molecule has 0 spiro atoms. The Bertz CT molecular complexity index is 1010. The normalized spacial score (nSPS) is 13.7. The van der Waals surface area contributed by atoms with Gasteiger partial charge in [0.05, 0.1) is 11.6 Å². The molecule has 5 heteroatoms. The van der Waals surface area contributed by atoms with Crippen LogP contribution >= 0.6 is 28.1 Å². The minimum absolute atomic E-state index is 0.465. The average molecular weight is 456 g/mol. The molecule has 0 aromatic heterocycles. The Morgan fingerprint density at radius 1 is 1.07 bits per heavy atom. The first kappa shape index (κ1) is 19.2. The summed E-state index contributed by atoms with van der Waals surface area (Å²) in [6, 6.07) is 18.6. The number of methoxy groups -OCH3 is 1. The first-order valence-corrected chi connectivity index (χ1v) is 10.6. The van der Waals surface area contributed by atoms with Crippen LogP contribution < -0.4 is 9.47 Å². The van der Waals surface area contributed by atoms with E-state index in [0.29, 0.717) is 18.1 Å². The van der Waals surface area contributed by atoms with E-state index in [-0.39, 0.29) is 0 Å². The Hall–Kier alpha value is -2.11. The summed E-state index contributed by atoms with van der Waals surface area (Å²) in [5.41, 5.74) is 2.13. The zero-order valence-corrected chi connectivity index (χ0v) is 18.2. The summed E-state index contributed by atoms with van der Waals surface area (Å²) in [7, 11) is 1.66. The largest absolute Gasteiger partial charge is 0.493 e. The zero-order valence-electron chi connectivity index (χ0n) is 15.8. The predicted molar refractivity (Wildman–Crippen MR) is 121 cm³/mol. The molecule has 0 aliphatic carbocycles. The van der Waals surface area contributed by atoms with E-state index in [0.717, 1.165) is 33.7 Å². The van der Waals surface area contributed by atoms with Crippen molar-refractivity contribution in [2.24, 2.45) is 0 Å². The van der Waals surface area contributed by atoms with Gasteiger partial charge in [-0.2, -0.15) is 0 Å². The topological polar surface area (TPSA) is 21.7 Å². The average Bonchev–Trinajstić information content (AvgIpc) is 3.26. The summed E-state index contributed by atoms with van der Waals surface area (Å²) in [6.45, 7) is 2.52. The van der Waals surface area contributed by atoms with E-state index in [1.807, 2.05) is 12.1 Å². The molecule has 4 rings (SSSR count). The van der Waals surface area contributed by atoms with Gasteiger partial charge < -0.3 is 14.4 Å². The first-order chi connectivity index (χ1) is 13.7. The Kier molecular flexibility index (Phi) is 5.83. The number of ether oxygens (including phenoxy) is 2. The molecular weight excluding hydrogens is 434 g/mol. The lowest BCUT2D eigenvalue weighted by Crippen LogP contribution is -2.26. The van der Waals surface area contributed by atoms with Crippen LogP contribution in [0.4, 0.5) is 0 Å². The van der Waals surface area contributed by atoms with Gasteiger partial charge in [0.1, 0.15) is 11.6 Å². The molecular formula is C23H22BrNO2S. The van der Waals surface area contributed by atoms with Crippen LogP contribution in [0, 0.1) is 0 Å². The third-order valence-electron chi connectivity index (χ3n) is 5.12. The molecule has 28 heavy (non-hydrogen) atoms. The Morgan fingerprint density at radius 3 is 2.61 bits per heavy atom. The molecule has 0 atom stereocenters. The third kappa shape index (κ3) is 3.87. The molecule has 3 aromatic carbocycles. The van der Waals surface area contributed by atoms with Crippen LogP contribution in [0.15, 0.2) is 59.1 Å². The molecule has 1 aliphatic heterocycles. The maximum absolute atomic E-state index is 6.18. The molecule has 0 amide bonds. The number of hydrogen-bond donors (Lipinski definition) is 0. The minimum Gasteiger partial charge on any atom is -0.493 e. The maximum Gasteiger partial charge on any atom is 0.175 e. The number of thiocarbonyl (C=S) groups is 1. The van der Waals surface area contributed by atoms with Gasteiger partial charge in [0.2, 0.25) is 0 Å². The van der Waals surface area contributed by atoms with Crippen molar-refractivity contribution in [2.45, 2.75) is 19.4 Å². The first-order valence-electron chi connectivity index (χ1n) is 9.43. The highest BCUT2D eigenvalue weighted by Crippen LogP contribution is 2.38. The fourth-order valence-electron chi connectivity index (χ4n) is 3.65. The summed E-state index contributed by atoms with van der Waals surface area (Å²) < 4.78 is 12.7. The van der Waals surface area contributed by atoms with Crippen molar-refractivity contribution < 1.29 is 9.47 Å². The molecule has 1 heterocycles. The number of fused-ring (bicyclic) bond motifs is 1. The van der Waals surface area contributed by atoms with E-state index in [2.05, 4.69) is 63.3 Å². The lowest BCUT2D eigenvalue weighted by atomic mass is 10.1. The molecule has 0 radical (unpaired) electrons. The standard InChI is InChI=1S/C23H22BrNO2S/c1-26-21-14-18(23(28)25-11-4-5-12-25)13-20(24)22(21)27-15-17-9-6-8-16-7-2-3-10-19(16)17/h2-3,6-10,13-14H,4-5,11-12,15H2,1H3. The van der Waals surface area contributed by atoms with Crippen LogP contribution in [-0.4, -0.2) is 30.1 Å². The van der Waals surface area contributed by atoms with Crippen molar-refractivity contribution >= 4 is 43.9 Å². The summed E-state index contributed by atoms with van der Waals surface area (Å²) in [6.07, 6.45) is 2.40. The molecule has 1 aliphatic rings. The molecule has 144 valence electrons. The minimum atomic E-state index is 0.465. The fraction of sp³-hybridized carbons (Fsp3) is 0.261. The highest BCUT2D eigenvalue weighted by Gasteiger charge is 2.20. The monoisotopic (exact) mass is 455 g/mol. The second-order valence-electron chi connectivity index (χ2n) is 6.92. The van der Waals surface area contributed by atoms with E-state index >= 15 is 0 Å². The van der Waals surface area contributed by atoms with Crippen molar-refractivity contribution in [3.8, 4) is 11.5 Å². The van der Waals surface area contributed by atoms with Crippen LogP contribution in [0.2, 0.25) is 0 Å². The lowest BCUT2D eigenvalue weighted by Gasteiger charge is -2.21. The Morgan fingerprint density at radius 2 is 1.82 bits per heavy atom. The lowest BCUT2D eigenvalue weighted by molar-refractivity contribution is 0.283. The maximum atomic E-state index is 6.18. The molecule has 0 saturated carbocycles. The second kappa shape index (κ2) is 8.50. The highest BCUT2D eigenvalue weighted by molar-refractivity contribution is 9.10. The Labute approximate surface area is 179 Å². The van der Waals surface area contributed by atoms with Gasteiger partial charge in [-0.05, 0) is 57.2 Å². The van der Waals surface area contributed by atoms with Gasteiger partial charge in [0, 0.05) is 18.7 Å². The van der Waals surface area contributed by atoms with Gasteiger partial charge >= 0.3 is 0 Å². The van der Waals surface area contributed by atoms with Crippen LogP contribution in [0.3, 0.4) is 0 Å². The van der Waals surface area contributed by atoms with Crippen molar-refractivity contribution in [2.75, 3.05) is 20.2 Å². The fourth-order valence-corrected chi connectivity index (χ4v) is 4.51. The van der Waals surface area contributed by atoms with Gasteiger partial charge in [-0.15, -0.1) is 0 Å². The van der Waals surface area contributed by atoms with Crippen molar-refractivity contribution in [1.82, 2.24) is 4.90 Å². The van der Waals surface area contributed by atoms with Crippen molar-refractivity contribution in [1.29, 1.82) is 0 Å². The van der Waals surface area contributed by atoms with Gasteiger partial charge in [-0.3, -0.25) is 0 Å². The smallest absolute Gasteiger partial charge is 0.175 e. The SMILES string of the molecule is COc1cc(C(=S)N2CCCC2)cc(Br)c1OCc1cccc2ccccc12. The molecule has 3 aromatic rings. The second-order valence-corrected chi connectivity index (χ2v) is 8.16. The molecule has 3 nitrogen and oxygen atoms in total. The van der Waals surface area contributed by atoms with Crippen LogP contribution in [-0.2, 0) is 6.61 Å². The predicted octanol–water partition coefficient (Wildman–Crippen LogP) is 5.96. The number of halogens is 1. The summed E-state index contributed by atoms with van der Waals surface area (Å²) in [5, 5.41) is 2.41. The van der Waals surface area contributed by atoms with E-state index in [9.17, 15) is 0 Å². The number of rotatable bonds is 5. The van der Waals surface area contributed by atoms with E-state index in [1.54, 1.807) is 7.11 Å². The number of likely N-dealkylation sites (tertiary alicyclic amines) is 1. The van der Waals surface area contributed by atoms with E-state index in [4.69, 9.17) is 21.7 Å². The van der Waals surface area contributed by atoms with Crippen molar-refractivity contribution in [3.05, 3.63) is 70.2 Å². The van der Waals surface area contributed by atoms with E-state index < -0.39 is 0 Å². The molecule has 0 unspecified atom stereocenters. The highest BCUT2D eigenvalue weighted by atomic mass is 79.9. The van der Waals surface area contributed by atoms with Crippen LogP contribution in [0.5, 0.6) is 11.5 Å². The Balaban J connectivity index is 1.59.